The summed E-state index contributed by atoms with van der Waals surface area (Å²) in [6.07, 6.45) is -4.09. The molecule has 0 bridgehead atoms. The normalized spacial score (nSPS) is 11.5. The van der Waals surface area contributed by atoms with E-state index in [1.807, 2.05) is 0 Å². The molecule has 78 valence electrons. The van der Waals surface area contributed by atoms with Gasteiger partial charge < -0.3 is 4.74 Å². The summed E-state index contributed by atoms with van der Waals surface area (Å²) < 4.78 is 40.0. The highest BCUT2D eigenvalue weighted by molar-refractivity contribution is 5.40. The van der Waals surface area contributed by atoms with E-state index in [9.17, 15) is 13.2 Å². The molecule has 0 atom stereocenters. The standard InChI is InChI=1S/C10H11F3O/c1-3-8-6-4-5-7(2)9(8)14-10(11,12)13/h4-6H,3H2,1-2H3. The fourth-order valence-corrected chi connectivity index (χ4v) is 1.25. The third-order valence-corrected chi connectivity index (χ3v) is 1.89. The highest BCUT2D eigenvalue weighted by Gasteiger charge is 2.32. The molecule has 0 radical (unpaired) electrons. The van der Waals surface area contributed by atoms with Crippen molar-refractivity contribution in [3.8, 4) is 5.75 Å². The lowest BCUT2D eigenvalue weighted by molar-refractivity contribution is -0.275. The van der Waals surface area contributed by atoms with E-state index in [0.29, 0.717) is 17.5 Å². The van der Waals surface area contributed by atoms with Gasteiger partial charge in [0.25, 0.3) is 0 Å². The lowest BCUT2D eigenvalue weighted by atomic mass is 10.1. The second kappa shape index (κ2) is 3.90. The van der Waals surface area contributed by atoms with Gasteiger partial charge in [-0.15, -0.1) is 13.2 Å². The summed E-state index contributed by atoms with van der Waals surface area (Å²) in [7, 11) is 0. The average Bonchev–Trinajstić information content (AvgIpc) is 2.06. The number of ether oxygens (including phenoxy) is 1. The maximum absolute atomic E-state index is 12.0. The van der Waals surface area contributed by atoms with Crippen LogP contribution in [0.1, 0.15) is 18.1 Å². The SMILES string of the molecule is CCc1cccc(C)c1OC(F)(F)F. The van der Waals surface area contributed by atoms with Crippen LogP contribution in [0.5, 0.6) is 5.75 Å². The van der Waals surface area contributed by atoms with Crippen LogP contribution in [-0.4, -0.2) is 6.36 Å². The van der Waals surface area contributed by atoms with E-state index >= 15 is 0 Å². The molecule has 0 aliphatic heterocycles. The summed E-state index contributed by atoms with van der Waals surface area (Å²) in [6.45, 7) is 3.39. The van der Waals surface area contributed by atoms with E-state index in [2.05, 4.69) is 4.74 Å². The fourth-order valence-electron chi connectivity index (χ4n) is 1.25. The highest BCUT2D eigenvalue weighted by atomic mass is 19.4. The maximum Gasteiger partial charge on any atom is 0.573 e. The van der Waals surface area contributed by atoms with E-state index < -0.39 is 6.36 Å². The molecule has 0 heterocycles. The second-order valence-electron chi connectivity index (χ2n) is 2.96. The van der Waals surface area contributed by atoms with Gasteiger partial charge in [-0.3, -0.25) is 0 Å². The average molecular weight is 204 g/mol. The van der Waals surface area contributed by atoms with Gasteiger partial charge in [0.1, 0.15) is 5.75 Å². The summed E-state index contributed by atoms with van der Waals surface area (Å²) in [4.78, 5) is 0. The fraction of sp³-hybridized carbons (Fsp3) is 0.400. The van der Waals surface area contributed by atoms with Crippen LogP contribution in [0.25, 0.3) is 0 Å². The first-order valence-corrected chi connectivity index (χ1v) is 4.28. The van der Waals surface area contributed by atoms with E-state index in [0.717, 1.165) is 0 Å². The number of hydrogen-bond donors (Lipinski definition) is 0. The zero-order valence-electron chi connectivity index (χ0n) is 7.98. The minimum atomic E-state index is -4.62. The zero-order chi connectivity index (χ0) is 10.8. The smallest absolute Gasteiger partial charge is 0.405 e. The Balaban J connectivity index is 3.05. The molecular formula is C10H11F3O. The van der Waals surface area contributed by atoms with Crippen LogP contribution in [0.15, 0.2) is 18.2 Å². The number of aryl methyl sites for hydroxylation is 2. The van der Waals surface area contributed by atoms with Crippen molar-refractivity contribution in [1.29, 1.82) is 0 Å². The summed E-state index contributed by atoms with van der Waals surface area (Å²) in [5.74, 6) is -0.0671. The number of hydrogen-bond acceptors (Lipinski definition) is 1. The molecule has 0 aliphatic rings. The van der Waals surface area contributed by atoms with E-state index in [1.54, 1.807) is 32.0 Å². The summed E-state index contributed by atoms with van der Waals surface area (Å²) in [6, 6.07) is 4.95. The Morgan fingerprint density at radius 2 is 1.93 bits per heavy atom. The molecule has 1 aromatic rings. The highest BCUT2D eigenvalue weighted by Crippen LogP contribution is 2.29. The maximum atomic E-state index is 12.0. The molecule has 1 aromatic carbocycles. The van der Waals surface area contributed by atoms with Crippen molar-refractivity contribution >= 4 is 0 Å². The predicted octanol–water partition coefficient (Wildman–Crippen LogP) is 3.46. The van der Waals surface area contributed by atoms with Gasteiger partial charge in [0.2, 0.25) is 0 Å². The Morgan fingerprint density at radius 1 is 1.29 bits per heavy atom. The number of alkyl halides is 3. The predicted molar refractivity (Wildman–Crippen MR) is 47.2 cm³/mol. The Kier molecular flexibility index (Phi) is 3.03. The van der Waals surface area contributed by atoms with Crippen molar-refractivity contribution in [2.45, 2.75) is 26.6 Å². The third kappa shape index (κ3) is 2.65. The van der Waals surface area contributed by atoms with Crippen LogP contribution >= 0.6 is 0 Å². The molecule has 0 fully saturated rings. The Morgan fingerprint density at radius 3 is 2.43 bits per heavy atom. The van der Waals surface area contributed by atoms with Gasteiger partial charge in [-0.05, 0) is 24.5 Å². The molecule has 0 N–H and O–H groups in total. The summed E-state index contributed by atoms with van der Waals surface area (Å²) >= 11 is 0. The van der Waals surface area contributed by atoms with Gasteiger partial charge in [0.15, 0.2) is 0 Å². The number of para-hydroxylation sites is 1. The van der Waals surface area contributed by atoms with Crippen molar-refractivity contribution in [1.82, 2.24) is 0 Å². The van der Waals surface area contributed by atoms with Gasteiger partial charge >= 0.3 is 6.36 Å². The summed E-state index contributed by atoms with van der Waals surface area (Å²) in [5.41, 5.74) is 1.07. The lowest BCUT2D eigenvalue weighted by Crippen LogP contribution is -2.18. The first-order valence-electron chi connectivity index (χ1n) is 4.28. The van der Waals surface area contributed by atoms with Crippen molar-refractivity contribution in [2.24, 2.45) is 0 Å². The van der Waals surface area contributed by atoms with Crippen molar-refractivity contribution < 1.29 is 17.9 Å². The molecule has 0 saturated carbocycles. The molecule has 4 heteroatoms. The van der Waals surface area contributed by atoms with E-state index in [4.69, 9.17) is 0 Å². The molecule has 0 unspecified atom stereocenters. The van der Waals surface area contributed by atoms with Gasteiger partial charge in [-0.1, -0.05) is 25.1 Å². The second-order valence-corrected chi connectivity index (χ2v) is 2.96. The van der Waals surface area contributed by atoms with Crippen molar-refractivity contribution in [3.63, 3.8) is 0 Å². The third-order valence-electron chi connectivity index (χ3n) is 1.89. The van der Waals surface area contributed by atoms with Crippen LogP contribution in [0.4, 0.5) is 13.2 Å². The van der Waals surface area contributed by atoms with Crippen molar-refractivity contribution in [2.75, 3.05) is 0 Å². The first kappa shape index (κ1) is 10.9. The molecule has 0 spiro atoms. The molecule has 14 heavy (non-hydrogen) atoms. The van der Waals surface area contributed by atoms with Crippen LogP contribution in [0.2, 0.25) is 0 Å². The van der Waals surface area contributed by atoms with E-state index in [-0.39, 0.29) is 5.75 Å². The zero-order valence-corrected chi connectivity index (χ0v) is 7.98. The van der Waals surface area contributed by atoms with Gasteiger partial charge in [-0.25, -0.2) is 0 Å². The summed E-state index contributed by atoms with van der Waals surface area (Å²) in [5, 5.41) is 0. The van der Waals surface area contributed by atoms with Crippen LogP contribution < -0.4 is 4.74 Å². The number of rotatable bonds is 2. The number of halogens is 3. The van der Waals surface area contributed by atoms with Crippen LogP contribution in [-0.2, 0) is 6.42 Å². The minimum absolute atomic E-state index is 0.0671. The Labute approximate surface area is 80.5 Å². The van der Waals surface area contributed by atoms with Gasteiger partial charge in [0.05, 0.1) is 0 Å². The van der Waals surface area contributed by atoms with E-state index in [1.165, 1.54) is 0 Å². The van der Waals surface area contributed by atoms with Crippen molar-refractivity contribution in [3.05, 3.63) is 29.3 Å². The van der Waals surface area contributed by atoms with Gasteiger partial charge in [-0.2, -0.15) is 0 Å². The minimum Gasteiger partial charge on any atom is -0.405 e. The molecule has 0 aromatic heterocycles. The Bertz CT molecular complexity index is 318. The first-order chi connectivity index (χ1) is 6.44. The molecule has 1 nitrogen and oxygen atoms in total. The largest absolute Gasteiger partial charge is 0.573 e. The molecular weight excluding hydrogens is 193 g/mol. The topological polar surface area (TPSA) is 9.23 Å². The molecule has 1 rings (SSSR count). The van der Waals surface area contributed by atoms with Crippen LogP contribution in [0.3, 0.4) is 0 Å². The monoisotopic (exact) mass is 204 g/mol. The number of benzene rings is 1. The lowest BCUT2D eigenvalue weighted by Gasteiger charge is -2.14. The molecule has 0 amide bonds. The Hall–Kier alpha value is -1.19. The molecule has 0 aliphatic carbocycles. The van der Waals surface area contributed by atoms with Crippen LogP contribution in [0, 0.1) is 6.92 Å². The molecule has 0 saturated heterocycles. The quantitative estimate of drug-likeness (QED) is 0.716. The van der Waals surface area contributed by atoms with Gasteiger partial charge in [0, 0.05) is 0 Å².